The molecule has 0 fully saturated rings. The number of anilines is 1. The third-order valence-corrected chi connectivity index (χ3v) is 3.37. The van der Waals surface area contributed by atoms with Crippen LogP contribution in [0.3, 0.4) is 0 Å². The Hall–Kier alpha value is -1.94. The largest absolute Gasteiger partial charge is 0.341 e. The van der Waals surface area contributed by atoms with E-state index in [-0.39, 0.29) is 0 Å². The first-order valence-corrected chi connectivity index (χ1v) is 7.15. The molecule has 2 aromatic rings. The first-order valence-electron chi connectivity index (χ1n) is 7.15. The highest BCUT2D eigenvalue weighted by molar-refractivity contribution is 5.60. The second kappa shape index (κ2) is 7.01. The van der Waals surface area contributed by atoms with Crippen molar-refractivity contribution in [2.24, 2.45) is 5.73 Å². The van der Waals surface area contributed by atoms with Gasteiger partial charge in [-0.05, 0) is 38.4 Å². The molecular formula is C16H22N4. The predicted molar refractivity (Wildman–Crippen MR) is 83.8 cm³/mol. The predicted octanol–water partition coefficient (Wildman–Crippen LogP) is 2.49. The molecule has 0 aliphatic rings. The summed E-state index contributed by atoms with van der Waals surface area (Å²) in [7, 11) is 0. The lowest BCUT2D eigenvalue weighted by Gasteiger charge is -2.18. The second-order valence-corrected chi connectivity index (χ2v) is 4.65. The maximum Gasteiger partial charge on any atom is 0.225 e. The molecule has 20 heavy (non-hydrogen) atoms. The molecular weight excluding hydrogens is 248 g/mol. The Bertz CT molecular complexity index is 532. The fourth-order valence-corrected chi connectivity index (χ4v) is 2.18. The Kier molecular flexibility index (Phi) is 5.07. The molecule has 0 aliphatic carbocycles. The third-order valence-electron chi connectivity index (χ3n) is 3.37. The summed E-state index contributed by atoms with van der Waals surface area (Å²) >= 11 is 0. The summed E-state index contributed by atoms with van der Waals surface area (Å²) in [5, 5.41) is 0. The van der Waals surface area contributed by atoms with Crippen LogP contribution in [0.4, 0.5) is 5.95 Å². The topological polar surface area (TPSA) is 55.0 Å². The third kappa shape index (κ3) is 3.33. The minimum absolute atomic E-state index is 0.680. The van der Waals surface area contributed by atoms with Gasteiger partial charge in [0, 0.05) is 24.8 Å². The molecule has 0 radical (unpaired) electrons. The summed E-state index contributed by atoms with van der Waals surface area (Å²) in [6.45, 7) is 6.73. The summed E-state index contributed by atoms with van der Waals surface area (Å²) in [4.78, 5) is 11.1. The lowest BCUT2D eigenvalue weighted by Crippen LogP contribution is -2.24. The highest BCUT2D eigenvalue weighted by Crippen LogP contribution is 2.19. The van der Waals surface area contributed by atoms with Gasteiger partial charge in [-0.25, -0.2) is 9.97 Å². The molecule has 1 aromatic heterocycles. The molecule has 0 amide bonds. The van der Waals surface area contributed by atoms with Crippen molar-refractivity contribution in [1.29, 1.82) is 0 Å². The Balaban J connectivity index is 2.26. The summed E-state index contributed by atoms with van der Waals surface area (Å²) < 4.78 is 0. The van der Waals surface area contributed by atoms with E-state index in [1.54, 1.807) is 0 Å². The molecule has 106 valence electrons. The van der Waals surface area contributed by atoms with Gasteiger partial charge in [-0.3, -0.25) is 0 Å². The van der Waals surface area contributed by atoms with E-state index in [1.165, 1.54) is 5.56 Å². The number of hydrogen-bond donors (Lipinski definition) is 1. The van der Waals surface area contributed by atoms with Crippen molar-refractivity contribution < 1.29 is 0 Å². The molecule has 0 aliphatic heterocycles. The molecule has 0 saturated heterocycles. The summed E-state index contributed by atoms with van der Waals surface area (Å²) in [6.07, 6.45) is 2.73. The molecule has 1 aromatic carbocycles. The summed E-state index contributed by atoms with van der Waals surface area (Å²) in [6, 6.07) is 10.4. The van der Waals surface area contributed by atoms with E-state index in [0.717, 1.165) is 36.7 Å². The van der Waals surface area contributed by atoms with Crippen LogP contribution in [0.25, 0.3) is 11.3 Å². The van der Waals surface area contributed by atoms with Crippen LogP contribution in [0.15, 0.2) is 36.5 Å². The average Bonchev–Trinajstić information content (AvgIpc) is 2.50. The smallest absolute Gasteiger partial charge is 0.225 e. The van der Waals surface area contributed by atoms with E-state index in [9.17, 15) is 0 Å². The maximum absolute atomic E-state index is 5.57. The van der Waals surface area contributed by atoms with Crippen LogP contribution in [-0.4, -0.2) is 29.6 Å². The van der Waals surface area contributed by atoms with E-state index in [1.807, 2.05) is 12.3 Å². The lowest BCUT2D eigenvalue weighted by atomic mass is 10.1. The Morgan fingerprint density at radius 1 is 1.05 bits per heavy atom. The van der Waals surface area contributed by atoms with Gasteiger partial charge >= 0.3 is 0 Å². The molecule has 1 heterocycles. The zero-order valence-corrected chi connectivity index (χ0v) is 12.2. The van der Waals surface area contributed by atoms with Gasteiger partial charge in [0.25, 0.3) is 0 Å². The van der Waals surface area contributed by atoms with Crippen molar-refractivity contribution in [3.8, 4) is 11.3 Å². The van der Waals surface area contributed by atoms with Crippen LogP contribution in [0.5, 0.6) is 0 Å². The van der Waals surface area contributed by atoms with E-state index < -0.39 is 0 Å². The van der Waals surface area contributed by atoms with Crippen molar-refractivity contribution in [3.63, 3.8) is 0 Å². The van der Waals surface area contributed by atoms with Crippen LogP contribution in [0.1, 0.15) is 19.4 Å². The van der Waals surface area contributed by atoms with E-state index in [4.69, 9.17) is 5.73 Å². The number of nitrogens with zero attached hydrogens (tertiary/aromatic N) is 3. The summed E-state index contributed by atoms with van der Waals surface area (Å²) in [5.41, 5.74) is 8.90. The molecule has 0 bridgehead atoms. The first-order chi connectivity index (χ1) is 9.78. The van der Waals surface area contributed by atoms with Crippen molar-refractivity contribution in [1.82, 2.24) is 9.97 Å². The van der Waals surface area contributed by atoms with Crippen molar-refractivity contribution in [2.75, 3.05) is 24.5 Å². The van der Waals surface area contributed by atoms with Gasteiger partial charge in [-0.1, -0.05) is 24.3 Å². The lowest BCUT2D eigenvalue weighted by molar-refractivity contribution is 0.822. The Labute approximate surface area is 120 Å². The minimum atomic E-state index is 0.680. The fourth-order valence-electron chi connectivity index (χ4n) is 2.18. The van der Waals surface area contributed by atoms with Gasteiger partial charge in [0.1, 0.15) is 0 Å². The second-order valence-electron chi connectivity index (χ2n) is 4.65. The van der Waals surface area contributed by atoms with E-state index in [0.29, 0.717) is 6.54 Å². The number of nitrogens with two attached hydrogens (primary N) is 1. The Morgan fingerprint density at radius 3 is 2.35 bits per heavy atom. The monoisotopic (exact) mass is 270 g/mol. The molecule has 4 heteroatoms. The van der Waals surface area contributed by atoms with Crippen molar-refractivity contribution in [2.45, 2.75) is 20.3 Å². The highest BCUT2D eigenvalue weighted by atomic mass is 15.2. The molecule has 0 atom stereocenters. The molecule has 0 unspecified atom stereocenters. The quantitative estimate of drug-likeness (QED) is 0.876. The van der Waals surface area contributed by atoms with Gasteiger partial charge in [0.05, 0.1) is 5.69 Å². The van der Waals surface area contributed by atoms with Crippen LogP contribution in [-0.2, 0) is 6.42 Å². The van der Waals surface area contributed by atoms with Crippen molar-refractivity contribution in [3.05, 3.63) is 42.1 Å². The van der Waals surface area contributed by atoms with E-state index >= 15 is 0 Å². The van der Waals surface area contributed by atoms with Gasteiger partial charge in [0.15, 0.2) is 0 Å². The van der Waals surface area contributed by atoms with Gasteiger partial charge < -0.3 is 10.6 Å². The Morgan fingerprint density at radius 2 is 1.75 bits per heavy atom. The molecule has 2 N–H and O–H groups in total. The maximum atomic E-state index is 5.57. The normalized spacial score (nSPS) is 10.6. The molecule has 0 saturated carbocycles. The number of hydrogen-bond acceptors (Lipinski definition) is 4. The number of benzene rings is 1. The van der Waals surface area contributed by atoms with Gasteiger partial charge in [-0.2, -0.15) is 0 Å². The van der Waals surface area contributed by atoms with Crippen molar-refractivity contribution >= 4 is 5.95 Å². The van der Waals surface area contributed by atoms with Crippen LogP contribution in [0.2, 0.25) is 0 Å². The van der Waals surface area contributed by atoms with E-state index in [2.05, 4.69) is 53.0 Å². The van der Waals surface area contributed by atoms with Crippen LogP contribution in [0, 0.1) is 0 Å². The fraction of sp³-hybridized carbons (Fsp3) is 0.375. The molecule has 0 spiro atoms. The average molecular weight is 270 g/mol. The highest BCUT2D eigenvalue weighted by Gasteiger charge is 2.07. The first kappa shape index (κ1) is 14.5. The number of aromatic nitrogens is 2. The molecule has 2 rings (SSSR count). The number of rotatable bonds is 6. The zero-order chi connectivity index (χ0) is 14.4. The summed E-state index contributed by atoms with van der Waals surface area (Å²) in [5.74, 6) is 0.790. The van der Waals surface area contributed by atoms with Gasteiger partial charge in [0.2, 0.25) is 5.95 Å². The van der Waals surface area contributed by atoms with Crippen LogP contribution < -0.4 is 10.6 Å². The molecule has 4 nitrogen and oxygen atoms in total. The minimum Gasteiger partial charge on any atom is -0.341 e. The van der Waals surface area contributed by atoms with Gasteiger partial charge in [-0.15, -0.1) is 0 Å². The zero-order valence-electron chi connectivity index (χ0n) is 12.2. The SMILES string of the molecule is CCN(CC)c1nccc(-c2ccc(CCN)cc2)n1. The van der Waals surface area contributed by atoms with Crippen LogP contribution >= 0.6 is 0 Å². The standard InChI is InChI=1S/C16H22N4/c1-3-20(4-2)16-18-12-10-15(19-16)14-7-5-13(6-8-14)9-11-17/h5-8,10,12H,3-4,9,11,17H2,1-2H3.